The van der Waals surface area contributed by atoms with Crippen molar-refractivity contribution in [2.24, 2.45) is 14.1 Å². The first-order valence-corrected chi connectivity index (χ1v) is 7.09. The first-order valence-electron chi connectivity index (χ1n) is 7.09. The first-order chi connectivity index (χ1) is 9.09. The van der Waals surface area contributed by atoms with Crippen LogP contribution in [-0.2, 0) is 20.6 Å². The van der Waals surface area contributed by atoms with Crippen LogP contribution in [0.25, 0.3) is 0 Å². The highest BCUT2D eigenvalue weighted by Crippen LogP contribution is 2.17. The molecule has 106 valence electrons. The molecule has 0 saturated heterocycles. The number of aromatic nitrogens is 2. The van der Waals surface area contributed by atoms with Crippen LogP contribution in [0.5, 0.6) is 0 Å². The summed E-state index contributed by atoms with van der Waals surface area (Å²) in [6.45, 7) is 0.590. The van der Waals surface area contributed by atoms with Crippen LogP contribution in [0.4, 0.5) is 0 Å². The molecule has 1 aliphatic rings. The lowest BCUT2D eigenvalue weighted by Gasteiger charge is -2.17. The van der Waals surface area contributed by atoms with E-state index >= 15 is 0 Å². The van der Waals surface area contributed by atoms with Gasteiger partial charge in [0.2, 0.25) is 0 Å². The van der Waals surface area contributed by atoms with E-state index in [1.807, 2.05) is 0 Å². The summed E-state index contributed by atoms with van der Waals surface area (Å²) in [7, 11) is 3.22. The molecule has 1 aromatic rings. The normalized spacial score (nSPS) is 17.4. The maximum atomic E-state index is 11.8. The van der Waals surface area contributed by atoms with E-state index in [0.29, 0.717) is 12.6 Å². The minimum absolute atomic E-state index is 0.235. The summed E-state index contributed by atoms with van der Waals surface area (Å²) in [4.78, 5) is 23.5. The van der Waals surface area contributed by atoms with E-state index in [1.54, 1.807) is 17.7 Å². The standard InChI is InChI=1S/C14H23N3O2/c1-16-12(9-13(18)17(2)14(16)19)10-15-11-7-5-3-4-6-8-11/h9,11,15H,3-8,10H2,1-2H3. The van der Waals surface area contributed by atoms with Gasteiger partial charge in [-0.15, -0.1) is 0 Å². The molecule has 5 heteroatoms. The van der Waals surface area contributed by atoms with Gasteiger partial charge in [-0.05, 0) is 12.8 Å². The van der Waals surface area contributed by atoms with Crippen LogP contribution in [0.1, 0.15) is 44.2 Å². The molecule has 0 bridgehead atoms. The third-order valence-corrected chi connectivity index (χ3v) is 4.05. The molecule has 1 N–H and O–H groups in total. The van der Waals surface area contributed by atoms with Crippen molar-refractivity contribution in [1.82, 2.24) is 14.5 Å². The molecule has 1 fully saturated rings. The Balaban J connectivity index is 2.07. The highest BCUT2D eigenvalue weighted by atomic mass is 16.2. The van der Waals surface area contributed by atoms with E-state index in [0.717, 1.165) is 10.3 Å². The zero-order valence-electron chi connectivity index (χ0n) is 11.8. The quantitative estimate of drug-likeness (QED) is 0.826. The molecule has 0 spiro atoms. The van der Waals surface area contributed by atoms with Gasteiger partial charge in [0.1, 0.15) is 0 Å². The van der Waals surface area contributed by atoms with Crippen molar-refractivity contribution in [1.29, 1.82) is 0 Å². The van der Waals surface area contributed by atoms with Gasteiger partial charge in [0.25, 0.3) is 5.56 Å². The second-order valence-electron chi connectivity index (χ2n) is 5.44. The van der Waals surface area contributed by atoms with Gasteiger partial charge in [0.15, 0.2) is 0 Å². The summed E-state index contributed by atoms with van der Waals surface area (Å²) < 4.78 is 2.68. The number of nitrogens with one attached hydrogen (secondary N) is 1. The van der Waals surface area contributed by atoms with Crippen LogP contribution in [0.15, 0.2) is 15.7 Å². The predicted octanol–water partition coefficient (Wildman–Crippen LogP) is 0.896. The van der Waals surface area contributed by atoms with Crippen molar-refractivity contribution >= 4 is 0 Å². The molecule has 1 saturated carbocycles. The van der Waals surface area contributed by atoms with Crippen molar-refractivity contribution in [2.45, 2.75) is 51.1 Å². The van der Waals surface area contributed by atoms with E-state index in [-0.39, 0.29) is 11.2 Å². The largest absolute Gasteiger partial charge is 0.330 e. The Hall–Kier alpha value is -1.36. The Morgan fingerprint density at radius 3 is 2.37 bits per heavy atom. The smallest absolute Gasteiger partial charge is 0.308 e. The Morgan fingerprint density at radius 2 is 1.74 bits per heavy atom. The van der Waals surface area contributed by atoms with Gasteiger partial charge in [0.05, 0.1) is 0 Å². The van der Waals surface area contributed by atoms with E-state index in [1.165, 1.54) is 45.6 Å². The minimum atomic E-state index is -0.259. The first kappa shape index (κ1) is 14.1. The fourth-order valence-electron chi connectivity index (χ4n) is 2.68. The maximum absolute atomic E-state index is 11.8. The predicted molar refractivity (Wildman–Crippen MR) is 75.3 cm³/mol. The average molecular weight is 265 g/mol. The summed E-state index contributed by atoms with van der Waals surface area (Å²) in [5.74, 6) is 0. The molecular weight excluding hydrogens is 242 g/mol. The molecule has 1 heterocycles. The van der Waals surface area contributed by atoms with Gasteiger partial charge < -0.3 is 5.32 Å². The van der Waals surface area contributed by atoms with Crippen molar-refractivity contribution in [3.8, 4) is 0 Å². The van der Waals surface area contributed by atoms with Gasteiger partial charge >= 0.3 is 5.69 Å². The summed E-state index contributed by atoms with van der Waals surface area (Å²) in [6.07, 6.45) is 7.57. The van der Waals surface area contributed by atoms with Crippen molar-refractivity contribution in [3.63, 3.8) is 0 Å². The summed E-state index contributed by atoms with van der Waals surface area (Å²) in [5, 5.41) is 3.48. The second kappa shape index (κ2) is 6.19. The summed E-state index contributed by atoms with van der Waals surface area (Å²) >= 11 is 0. The molecule has 0 unspecified atom stereocenters. The number of rotatable bonds is 3. The molecule has 1 aliphatic carbocycles. The minimum Gasteiger partial charge on any atom is -0.308 e. The van der Waals surface area contributed by atoms with E-state index < -0.39 is 0 Å². The lowest BCUT2D eigenvalue weighted by atomic mass is 10.1. The third-order valence-electron chi connectivity index (χ3n) is 4.05. The van der Waals surface area contributed by atoms with Gasteiger partial charge in [-0.3, -0.25) is 13.9 Å². The fraction of sp³-hybridized carbons (Fsp3) is 0.714. The molecule has 0 aromatic carbocycles. The number of hydrogen-bond acceptors (Lipinski definition) is 3. The highest BCUT2D eigenvalue weighted by Gasteiger charge is 2.12. The van der Waals surface area contributed by atoms with Gasteiger partial charge in [-0.25, -0.2) is 4.79 Å². The Bertz CT molecular complexity index is 537. The van der Waals surface area contributed by atoms with Crippen molar-refractivity contribution in [3.05, 3.63) is 32.6 Å². The molecule has 0 amide bonds. The fourth-order valence-corrected chi connectivity index (χ4v) is 2.68. The molecule has 1 aromatic heterocycles. The lowest BCUT2D eigenvalue weighted by Crippen LogP contribution is -2.40. The Kier molecular flexibility index (Phi) is 4.58. The van der Waals surface area contributed by atoms with Crippen LogP contribution in [0.3, 0.4) is 0 Å². The number of hydrogen-bond donors (Lipinski definition) is 1. The second-order valence-corrected chi connectivity index (χ2v) is 5.44. The topological polar surface area (TPSA) is 56.0 Å². The lowest BCUT2D eigenvalue weighted by molar-refractivity contribution is 0.448. The molecular formula is C14H23N3O2. The van der Waals surface area contributed by atoms with E-state index in [2.05, 4.69) is 5.32 Å². The van der Waals surface area contributed by atoms with Crippen LogP contribution >= 0.6 is 0 Å². The Morgan fingerprint density at radius 1 is 1.11 bits per heavy atom. The molecule has 2 rings (SSSR count). The monoisotopic (exact) mass is 265 g/mol. The van der Waals surface area contributed by atoms with E-state index in [4.69, 9.17) is 0 Å². The van der Waals surface area contributed by atoms with Gasteiger partial charge in [-0.2, -0.15) is 0 Å². The molecule has 0 radical (unpaired) electrons. The maximum Gasteiger partial charge on any atom is 0.330 e. The van der Waals surface area contributed by atoms with Crippen molar-refractivity contribution in [2.75, 3.05) is 0 Å². The summed E-state index contributed by atoms with van der Waals surface area (Å²) in [5.41, 5.74) is 0.267. The van der Waals surface area contributed by atoms with Crippen LogP contribution in [0.2, 0.25) is 0 Å². The molecule has 0 atom stereocenters. The Labute approximate surface area is 113 Å². The zero-order chi connectivity index (χ0) is 13.8. The van der Waals surface area contributed by atoms with Crippen LogP contribution in [-0.4, -0.2) is 15.2 Å². The SMILES string of the molecule is Cn1c(CNC2CCCCCC2)cc(=O)n(C)c1=O. The van der Waals surface area contributed by atoms with Crippen LogP contribution in [0, 0.1) is 0 Å². The highest BCUT2D eigenvalue weighted by molar-refractivity contribution is 5.02. The third kappa shape index (κ3) is 3.35. The average Bonchev–Trinajstić information content (AvgIpc) is 2.67. The zero-order valence-corrected chi connectivity index (χ0v) is 11.8. The number of nitrogens with zero attached hydrogens (tertiary/aromatic N) is 2. The van der Waals surface area contributed by atoms with Gasteiger partial charge in [0, 0.05) is 38.4 Å². The molecule has 0 aliphatic heterocycles. The van der Waals surface area contributed by atoms with Gasteiger partial charge in [-0.1, -0.05) is 25.7 Å². The van der Waals surface area contributed by atoms with Crippen molar-refractivity contribution < 1.29 is 0 Å². The van der Waals surface area contributed by atoms with E-state index in [9.17, 15) is 9.59 Å². The van der Waals surface area contributed by atoms with Crippen LogP contribution < -0.4 is 16.6 Å². The molecule has 19 heavy (non-hydrogen) atoms. The summed E-state index contributed by atoms with van der Waals surface area (Å²) in [6, 6.07) is 2.06. The molecule has 5 nitrogen and oxygen atoms in total.